The molecule has 0 spiro atoms. The molecule has 3 nitrogen and oxygen atoms in total. The van der Waals surface area contributed by atoms with E-state index in [2.05, 4.69) is 4.99 Å². The molecule has 0 saturated heterocycles. The number of rotatable bonds is 4. The number of aliphatic hydroxyl groups is 1. The van der Waals surface area contributed by atoms with Crippen molar-refractivity contribution in [2.45, 2.75) is 32.3 Å². The fraction of sp³-hybridized carbons (Fsp3) is 0.263. The Morgan fingerprint density at radius 3 is 2.68 bits per heavy atom. The highest BCUT2D eigenvalue weighted by Gasteiger charge is 2.19. The summed E-state index contributed by atoms with van der Waals surface area (Å²) in [4.78, 5) is 16.3. The zero-order valence-corrected chi connectivity index (χ0v) is 12.6. The molecule has 3 rings (SSSR count). The van der Waals surface area contributed by atoms with Crippen molar-refractivity contribution in [3.05, 3.63) is 65.2 Å². The number of aliphatic hydroxyl groups excluding tert-OH is 1. The van der Waals surface area contributed by atoms with Gasteiger partial charge in [-0.25, -0.2) is 4.99 Å². The lowest BCUT2D eigenvalue weighted by Crippen LogP contribution is -2.19. The molecule has 1 N–H and O–H groups in total. The Morgan fingerprint density at radius 2 is 1.95 bits per heavy atom. The topological polar surface area (TPSA) is 49.7 Å². The van der Waals surface area contributed by atoms with Gasteiger partial charge in [0, 0.05) is 12.8 Å². The quantitative estimate of drug-likeness (QED) is 0.937. The Morgan fingerprint density at radius 1 is 1.18 bits per heavy atom. The molecule has 1 atom stereocenters. The second kappa shape index (κ2) is 6.24. The predicted octanol–water partition coefficient (Wildman–Crippen LogP) is 3.57. The fourth-order valence-corrected chi connectivity index (χ4v) is 2.77. The summed E-state index contributed by atoms with van der Waals surface area (Å²) in [5, 5.41) is 10.3. The summed E-state index contributed by atoms with van der Waals surface area (Å²) in [6.45, 7) is 1.95. The van der Waals surface area contributed by atoms with Crippen LogP contribution in [0.15, 0.2) is 53.5 Å². The lowest BCUT2D eigenvalue weighted by molar-refractivity contribution is -0.112. The van der Waals surface area contributed by atoms with E-state index in [9.17, 15) is 9.90 Å². The summed E-state index contributed by atoms with van der Waals surface area (Å²) >= 11 is 0. The van der Waals surface area contributed by atoms with Crippen molar-refractivity contribution >= 4 is 17.2 Å². The van der Waals surface area contributed by atoms with Crippen LogP contribution in [0.2, 0.25) is 0 Å². The smallest absolute Gasteiger partial charge is 0.181 e. The van der Waals surface area contributed by atoms with Gasteiger partial charge in [-0.3, -0.25) is 4.79 Å². The van der Waals surface area contributed by atoms with Crippen LogP contribution in [0.4, 0.5) is 5.69 Å². The molecule has 0 amide bonds. The highest BCUT2D eigenvalue weighted by Crippen LogP contribution is 2.28. The molecule has 2 aromatic rings. The van der Waals surface area contributed by atoms with E-state index in [1.807, 2.05) is 55.5 Å². The van der Waals surface area contributed by atoms with Crippen molar-refractivity contribution in [3.63, 3.8) is 0 Å². The van der Waals surface area contributed by atoms with Crippen molar-refractivity contribution in [3.8, 4) is 0 Å². The third kappa shape index (κ3) is 3.00. The molecule has 3 heteroatoms. The van der Waals surface area contributed by atoms with Crippen LogP contribution in [0.5, 0.6) is 0 Å². The highest BCUT2D eigenvalue weighted by atomic mass is 16.3. The second-order valence-electron chi connectivity index (χ2n) is 5.61. The molecular weight excluding hydrogens is 274 g/mol. The molecule has 0 bridgehead atoms. The Balaban J connectivity index is 1.83. The van der Waals surface area contributed by atoms with Gasteiger partial charge in [0.25, 0.3) is 0 Å². The van der Waals surface area contributed by atoms with E-state index in [0.29, 0.717) is 25.0 Å². The molecule has 1 heterocycles. The van der Waals surface area contributed by atoms with E-state index in [-0.39, 0.29) is 5.78 Å². The van der Waals surface area contributed by atoms with Crippen molar-refractivity contribution in [2.75, 3.05) is 0 Å². The number of ketones is 1. The van der Waals surface area contributed by atoms with Gasteiger partial charge in [0.05, 0.1) is 17.5 Å². The van der Waals surface area contributed by atoms with E-state index in [0.717, 1.165) is 22.4 Å². The molecule has 2 aromatic carbocycles. The molecule has 0 saturated carbocycles. The zero-order chi connectivity index (χ0) is 15.5. The minimum Gasteiger partial charge on any atom is -0.388 e. The number of aliphatic imine (C=N–C) groups is 1. The van der Waals surface area contributed by atoms with Gasteiger partial charge >= 0.3 is 0 Å². The Labute approximate surface area is 130 Å². The van der Waals surface area contributed by atoms with Gasteiger partial charge in [-0.1, -0.05) is 49.4 Å². The second-order valence-corrected chi connectivity index (χ2v) is 5.61. The van der Waals surface area contributed by atoms with Crippen LogP contribution in [0, 0.1) is 0 Å². The standard InChI is InChI=1S/C19H19NO2/c1-2-16-19(22)12-15-9-8-13(10-17(15)20-16)11-18(21)14-6-4-3-5-7-14/h3-10,18,21H,2,11-12H2,1H3. The number of benzene rings is 2. The average Bonchev–Trinajstić information content (AvgIpc) is 2.55. The SMILES string of the molecule is CCC1=Nc2cc(CC(O)c3ccccc3)ccc2CC1=O. The number of nitrogens with zero attached hydrogens (tertiary/aromatic N) is 1. The van der Waals surface area contributed by atoms with Gasteiger partial charge in [-0.05, 0) is 29.2 Å². The molecule has 0 aliphatic carbocycles. The van der Waals surface area contributed by atoms with E-state index in [1.54, 1.807) is 0 Å². The van der Waals surface area contributed by atoms with E-state index < -0.39 is 6.10 Å². The van der Waals surface area contributed by atoms with E-state index in [4.69, 9.17) is 0 Å². The van der Waals surface area contributed by atoms with Gasteiger partial charge in [-0.15, -0.1) is 0 Å². The first-order chi connectivity index (χ1) is 10.7. The van der Waals surface area contributed by atoms with Crippen LogP contribution in [0.1, 0.15) is 36.1 Å². The van der Waals surface area contributed by atoms with Crippen molar-refractivity contribution in [1.29, 1.82) is 0 Å². The summed E-state index contributed by atoms with van der Waals surface area (Å²) < 4.78 is 0. The number of carbonyl (C=O) groups is 1. The molecule has 1 aliphatic heterocycles. The monoisotopic (exact) mass is 293 g/mol. The number of fused-ring (bicyclic) bond motifs is 1. The number of hydrogen-bond donors (Lipinski definition) is 1. The van der Waals surface area contributed by atoms with E-state index in [1.165, 1.54) is 0 Å². The van der Waals surface area contributed by atoms with Crippen LogP contribution in [0.25, 0.3) is 0 Å². The highest BCUT2D eigenvalue weighted by molar-refractivity contribution is 6.41. The molecule has 1 aliphatic rings. The summed E-state index contributed by atoms with van der Waals surface area (Å²) in [6, 6.07) is 15.6. The molecule has 0 fully saturated rings. The van der Waals surface area contributed by atoms with Crippen LogP contribution in [-0.2, 0) is 17.6 Å². The van der Waals surface area contributed by atoms with Gasteiger partial charge in [0.1, 0.15) is 0 Å². The molecule has 1 unspecified atom stereocenters. The first kappa shape index (κ1) is 14.7. The van der Waals surface area contributed by atoms with Crippen LogP contribution >= 0.6 is 0 Å². The van der Waals surface area contributed by atoms with Crippen LogP contribution < -0.4 is 0 Å². The molecule has 112 valence electrons. The normalized spacial score (nSPS) is 15.2. The van der Waals surface area contributed by atoms with Crippen molar-refractivity contribution in [1.82, 2.24) is 0 Å². The minimum absolute atomic E-state index is 0.118. The Hall–Kier alpha value is -2.26. The molecule has 0 aromatic heterocycles. The third-order valence-electron chi connectivity index (χ3n) is 4.03. The number of carbonyl (C=O) groups excluding carboxylic acids is 1. The lowest BCUT2D eigenvalue weighted by Gasteiger charge is -2.16. The maximum absolute atomic E-state index is 11.9. The molecular formula is C19H19NO2. The number of hydrogen-bond acceptors (Lipinski definition) is 3. The maximum atomic E-state index is 11.9. The predicted molar refractivity (Wildman–Crippen MR) is 87.6 cm³/mol. The maximum Gasteiger partial charge on any atom is 0.181 e. The lowest BCUT2D eigenvalue weighted by atomic mass is 9.95. The molecule has 0 radical (unpaired) electrons. The van der Waals surface area contributed by atoms with Crippen LogP contribution in [-0.4, -0.2) is 16.6 Å². The van der Waals surface area contributed by atoms with Crippen LogP contribution in [0.3, 0.4) is 0 Å². The average molecular weight is 293 g/mol. The summed E-state index contributed by atoms with van der Waals surface area (Å²) in [5.74, 6) is 0.118. The van der Waals surface area contributed by atoms with Gasteiger partial charge in [0.15, 0.2) is 5.78 Å². The number of Topliss-reactive ketones (excluding diaryl/α,β-unsaturated/α-hetero) is 1. The van der Waals surface area contributed by atoms with Gasteiger partial charge in [-0.2, -0.15) is 0 Å². The first-order valence-electron chi connectivity index (χ1n) is 7.63. The van der Waals surface area contributed by atoms with Crippen molar-refractivity contribution in [2.24, 2.45) is 4.99 Å². The minimum atomic E-state index is -0.529. The fourth-order valence-electron chi connectivity index (χ4n) is 2.77. The first-order valence-corrected chi connectivity index (χ1v) is 7.63. The summed E-state index contributed by atoms with van der Waals surface area (Å²) in [6.07, 6.45) is 1.11. The van der Waals surface area contributed by atoms with Gasteiger partial charge < -0.3 is 5.11 Å². The Kier molecular flexibility index (Phi) is 4.16. The Bertz CT molecular complexity index is 719. The third-order valence-corrected chi connectivity index (χ3v) is 4.03. The van der Waals surface area contributed by atoms with Crippen molar-refractivity contribution < 1.29 is 9.90 Å². The molecule has 22 heavy (non-hydrogen) atoms. The summed E-state index contributed by atoms with van der Waals surface area (Å²) in [5.41, 5.74) is 4.43. The van der Waals surface area contributed by atoms with E-state index >= 15 is 0 Å². The largest absolute Gasteiger partial charge is 0.388 e. The van der Waals surface area contributed by atoms with Gasteiger partial charge in [0.2, 0.25) is 0 Å². The summed E-state index contributed by atoms with van der Waals surface area (Å²) in [7, 11) is 0. The zero-order valence-electron chi connectivity index (χ0n) is 12.6.